The van der Waals surface area contributed by atoms with Crippen molar-refractivity contribution in [1.29, 1.82) is 0 Å². The van der Waals surface area contributed by atoms with Gasteiger partial charge in [0.05, 0.1) is 20.6 Å². The number of methoxy groups -OCH3 is 2. The van der Waals surface area contributed by atoms with Crippen molar-refractivity contribution in [1.82, 2.24) is 0 Å². The summed E-state index contributed by atoms with van der Waals surface area (Å²) in [5, 5.41) is 0. The first-order chi connectivity index (χ1) is 9.15. The first kappa shape index (κ1) is 13.9. The third kappa shape index (κ3) is 2.59. The Morgan fingerprint density at radius 3 is 2.84 bits per heavy atom. The quantitative estimate of drug-likeness (QED) is 0.841. The number of carbonyl (C=O) groups is 1. The molecule has 0 fully saturated rings. The number of nitrogens with two attached hydrogens (primary N) is 1. The standard InChI is InChI=1S/C15H21NO3/c1-18-12-6-5-11-4-3-7-15(10-16,13(11)8-12)9-14(17)19-2/h5-6,8H,3-4,7,9-10,16H2,1-2H3. The highest BCUT2D eigenvalue weighted by atomic mass is 16.5. The maximum absolute atomic E-state index is 11.7. The van der Waals surface area contributed by atoms with E-state index in [0.29, 0.717) is 13.0 Å². The van der Waals surface area contributed by atoms with Crippen LogP contribution in [0, 0.1) is 0 Å². The van der Waals surface area contributed by atoms with E-state index in [1.807, 2.05) is 12.1 Å². The summed E-state index contributed by atoms with van der Waals surface area (Å²) in [7, 11) is 3.07. The Balaban J connectivity index is 2.44. The van der Waals surface area contributed by atoms with Crippen LogP contribution in [0.5, 0.6) is 5.75 Å². The Bertz CT molecular complexity index is 472. The first-order valence-corrected chi connectivity index (χ1v) is 6.59. The molecule has 2 N–H and O–H groups in total. The van der Waals surface area contributed by atoms with Crippen LogP contribution in [0.1, 0.15) is 30.4 Å². The Morgan fingerprint density at radius 2 is 2.21 bits per heavy atom. The van der Waals surface area contributed by atoms with Crippen LogP contribution in [0.2, 0.25) is 0 Å². The smallest absolute Gasteiger partial charge is 0.306 e. The molecule has 1 aliphatic rings. The minimum atomic E-state index is -0.310. The van der Waals surface area contributed by atoms with E-state index in [4.69, 9.17) is 15.2 Å². The van der Waals surface area contributed by atoms with E-state index in [9.17, 15) is 4.79 Å². The maximum Gasteiger partial charge on any atom is 0.306 e. The summed E-state index contributed by atoms with van der Waals surface area (Å²) < 4.78 is 10.1. The second kappa shape index (κ2) is 5.61. The van der Waals surface area contributed by atoms with Gasteiger partial charge in [-0.2, -0.15) is 0 Å². The summed E-state index contributed by atoms with van der Waals surface area (Å²) in [5.74, 6) is 0.601. The largest absolute Gasteiger partial charge is 0.497 e. The van der Waals surface area contributed by atoms with Gasteiger partial charge in [-0.25, -0.2) is 0 Å². The van der Waals surface area contributed by atoms with Gasteiger partial charge in [0.15, 0.2) is 0 Å². The monoisotopic (exact) mass is 263 g/mol. The Kier molecular flexibility index (Phi) is 4.10. The number of hydrogen-bond acceptors (Lipinski definition) is 4. The van der Waals surface area contributed by atoms with Crippen LogP contribution in [-0.2, 0) is 21.4 Å². The number of benzene rings is 1. The summed E-state index contributed by atoms with van der Waals surface area (Å²) in [6, 6.07) is 6.06. The predicted octanol–water partition coefficient (Wildman–Crippen LogP) is 1.79. The summed E-state index contributed by atoms with van der Waals surface area (Å²) in [5.41, 5.74) is 8.10. The molecular weight excluding hydrogens is 242 g/mol. The second-order valence-electron chi connectivity index (χ2n) is 5.11. The van der Waals surface area contributed by atoms with Gasteiger partial charge < -0.3 is 15.2 Å². The molecule has 0 aromatic heterocycles. The molecule has 104 valence electrons. The average molecular weight is 263 g/mol. The molecule has 0 radical (unpaired) electrons. The molecule has 1 aromatic rings. The Hall–Kier alpha value is -1.55. The van der Waals surface area contributed by atoms with Crippen LogP contribution in [0.3, 0.4) is 0 Å². The number of carbonyl (C=O) groups excluding carboxylic acids is 1. The highest BCUT2D eigenvalue weighted by Crippen LogP contribution is 2.41. The molecule has 1 atom stereocenters. The van der Waals surface area contributed by atoms with Crippen molar-refractivity contribution in [2.45, 2.75) is 31.1 Å². The second-order valence-corrected chi connectivity index (χ2v) is 5.11. The summed E-state index contributed by atoms with van der Waals surface area (Å²) >= 11 is 0. The fourth-order valence-corrected chi connectivity index (χ4v) is 2.96. The van der Waals surface area contributed by atoms with E-state index in [2.05, 4.69) is 6.07 Å². The van der Waals surface area contributed by atoms with Crippen LogP contribution < -0.4 is 10.5 Å². The lowest BCUT2D eigenvalue weighted by Gasteiger charge is -2.37. The maximum atomic E-state index is 11.7. The molecule has 4 heteroatoms. The van der Waals surface area contributed by atoms with Gasteiger partial charge in [0, 0.05) is 12.0 Å². The molecule has 0 saturated carbocycles. The van der Waals surface area contributed by atoms with E-state index in [0.717, 1.165) is 30.6 Å². The number of fused-ring (bicyclic) bond motifs is 1. The van der Waals surface area contributed by atoms with E-state index >= 15 is 0 Å². The first-order valence-electron chi connectivity index (χ1n) is 6.59. The highest BCUT2D eigenvalue weighted by molar-refractivity contribution is 5.72. The molecule has 1 aromatic carbocycles. The lowest BCUT2D eigenvalue weighted by Crippen LogP contribution is -2.40. The minimum Gasteiger partial charge on any atom is -0.497 e. The van der Waals surface area contributed by atoms with Gasteiger partial charge in [0.2, 0.25) is 0 Å². The fourth-order valence-electron chi connectivity index (χ4n) is 2.96. The van der Waals surface area contributed by atoms with Gasteiger partial charge in [-0.15, -0.1) is 0 Å². The van der Waals surface area contributed by atoms with E-state index < -0.39 is 0 Å². The van der Waals surface area contributed by atoms with Gasteiger partial charge in [-0.3, -0.25) is 4.79 Å². The van der Waals surface area contributed by atoms with Gasteiger partial charge in [0.1, 0.15) is 5.75 Å². The number of rotatable bonds is 4. The molecule has 4 nitrogen and oxygen atoms in total. The molecule has 1 unspecified atom stereocenters. The van der Waals surface area contributed by atoms with Crippen LogP contribution in [-0.4, -0.2) is 26.7 Å². The molecule has 2 rings (SSSR count). The third-order valence-corrected chi connectivity index (χ3v) is 4.09. The Labute approximate surface area is 113 Å². The molecule has 0 heterocycles. The summed E-state index contributed by atoms with van der Waals surface area (Å²) in [6.45, 7) is 0.447. The van der Waals surface area contributed by atoms with Crippen molar-refractivity contribution in [3.05, 3.63) is 29.3 Å². The zero-order valence-electron chi connectivity index (χ0n) is 11.6. The highest BCUT2D eigenvalue weighted by Gasteiger charge is 2.38. The number of hydrogen-bond donors (Lipinski definition) is 1. The lowest BCUT2D eigenvalue weighted by atomic mass is 9.68. The minimum absolute atomic E-state index is 0.207. The SMILES string of the molecule is COC(=O)CC1(CN)CCCc2ccc(OC)cc21. The zero-order valence-corrected chi connectivity index (χ0v) is 11.6. The lowest BCUT2D eigenvalue weighted by molar-refractivity contribution is -0.142. The van der Waals surface area contributed by atoms with Crippen LogP contribution >= 0.6 is 0 Å². The van der Waals surface area contributed by atoms with E-state index in [1.54, 1.807) is 7.11 Å². The van der Waals surface area contributed by atoms with Crippen LogP contribution in [0.25, 0.3) is 0 Å². The van der Waals surface area contributed by atoms with Gasteiger partial charge in [-0.05, 0) is 42.5 Å². The average Bonchev–Trinajstić information content (AvgIpc) is 2.46. The molecule has 19 heavy (non-hydrogen) atoms. The van der Waals surface area contributed by atoms with Crippen molar-refractivity contribution >= 4 is 5.97 Å². The number of esters is 1. The van der Waals surface area contributed by atoms with Crippen molar-refractivity contribution < 1.29 is 14.3 Å². The summed E-state index contributed by atoms with van der Waals surface area (Å²) in [6.07, 6.45) is 3.33. The zero-order chi connectivity index (χ0) is 13.9. The van der Waals surface area contributed by atoms with Gasteiger partial charge in [-0.1, -0.05) is 6.07 Å². The fraction of sp³-hybridized carbons (Fsp3) is 0.533. The molecular formula is C15H21NO3. The molecule has 0 bridgehead atoms. The number of ether oxygens (including phenoxy) is 2. The van der Waals surface area contributed by atoms with Crippen LogP contribution in [0.4, 0.5) is 0 Å². The van der Waals surface area contributed by atoms with Crippen molar-refractivity contribution in [3.63, 3.8) is 0 Å². The normalized spacial score (nSPS) is 21.6. The van der Waals surface area contributed by atoms with Crippen LogP contribution in [0.15, 0.2) is 18.2 Å². The van der Waals surface area contributed by atoms with E-state index in [1.165, 1.54) is 12.7 Å². The molecule has 0 amide bonds. The predicted molar refractivity (Wildman–Crippen MR) is 73.3 cm³/mol. The number of aryl methyl sites for hydroxylation is 1. The van der Waals surface area contributed by atoms with Gasteiger partial charge in [0.25, 0.3) is 0 Å². The molecule has 0 saturated heterocycles. The third-order valence-electron chi connectivity index (χ3n) is 4.09. The molecule has 0 spiro atoms. The van der Waals surface area contributed by atoms with Crippen molar-refractivity contribution in [2.75, 3.05) is 20.8 Å². The summed E-state index contributed by atoms with van der Waals surface area (Å²) in [4.78, 5) is 11.7. The van der Waals surface area contributed by atoms with Crippen molar-refractivity contribution in [2.24, 2.45) is 5.73 Å². The molecule has 1 aliphatic carbocycles. The molecule has 0 aliphatic heterocycles. The van der Waals surface area contributed by atoms with Crippen molar-refractivity contribution in [3.8, 4) is 5.75 Å². The topological polar surface area (TPSA) is 61.5 Å². The van der Waals surface area contributed by atoms with E-state index in [-0.39, 0.29) is 11.4 Å². The van der Waals surface area contributed by atoms with Gasteiger partial charge >= 0.3 is 5.97 Å². The Morgan fingerprint density at radius 1 is 1.42 bits per heavy atom.